The standard InChI is InChI=1S/C14H17N2O3S.2C2H6/c1-10-6-16(7-10)20(18,19)13-5-3-4-12-9-15(17)8-11(2)14(12)13;2*1-2/h3-5,8-10,17H,6-7H2,1-2H3;2*1-2H3/q+1;;. The van der Waals surface area contributed by atoms with Crippen molar-refractivity contribution in [1.82, 2.24) is 4.31 Å². The van der Waals surface area contributed by atoms with Crippen molar-refractivity contribution in [2.75, 3.05) is 13.1 Å². The molecule has 24 heavy (non-hydrogen) atoms. The molecule has 0 amide bonds. The zero-order valence-corrected chi connectivity index (χ0v) is 16.3. The van der Waals surface area contributed by atoms with E-state index in [0.29, 0.717) is 34.7 Å². The first kappa shape index (κ1) is 20.4. The van der Waals surface area contributed by atoms with Gasteiger partial charge in [-0.2, -0.15) is 4.31 Å². The summed E-state index contributed by atoms with van der Waals surface area (Å²) >= 11 is 0. The summed E-state index contributed by atoms with van der Waals surface area (Å²) in [7, 11) is -3.45. The fraction of sp³-hybridized carbons (Fsp3) is 0.500. The summed E-state index contributed by atoms with van der Waals surface area (Å²) in [5.74, 6) is 0.417. The molecule has 0 aliphatic carbocycles. The Labute approximate surface area is 145 Å². The Kier molecular flexibility index (Phi) is 7.17. The van der Waals surface area contributed by atoms with E-state index in [1.807, 2.05) is 34.6 Å². The van der Waals surface area contributed by atoms with Crippen molar-refractivity contribution in [2.24, 2.45) is 5.92 Å². The van der Waals surface area contributed by atoms with Gasteiger partial charge in [0.05, 0.1) is 10.3 Å². The third kappa shape index (κ3) is 3.87. The highest BCUT2D eigenvalue weighted by Crippen LogP contribution is 2.30. The van der Waals surface area contributed by atoms with Crippen LogP contribution in [0.15, 0.2) is 35.5 Å². The largest absolute Gasteiger partial charge is 0.285 e. The van der Waals surface area contributed by atoms with Crippen molar-refractivity contribution >= 4 is 20.8 Å². The lowest BCUT2D eigenvalue weighted by Gasteiger charge is -2.36. The maximum atomic E-state index is 12.7. The molecule has 1 aromatic carbocycles. The highest BCUT2D eigenvalue weighted by atomic mass is 32.2. The molecule has 0 atom stereocenters. The molecule has 1 fully saturated rings. The quantitative estimate of drug-likeness (QED) is 0.665. The van der Waals surface area contributed by atoms with Crippen molar-refractivity contribution in [3.8, 4) is 0 Å². The van der Waals surface area contributed by atoms with Crippen LogP contribution in [0, 0.1) is 12.8 Å². The number of pyridine rings is 1. The smallest absolute Gasteiger partial charge is 0.243 e. The monoisotopic (exact) mass is 353 g/mol. The molecule has 2 heterocycles. The molecular weight excluding hydrogens is 324 g/mol. The van der Waals surface area contributed by atoms with Crippen LogP contribution in [0.25, 0.3) is 10.8 Å². The summed E-state index contributed by atoms with van der Waals surface area (Å²) in [4.78, 5) is 0.319. The lowest BCUT2D eigenvalue weighted by molar-refractivity contribution is -0.904. The van der Waals surface area contributed by atoms with Gasteiger partial charge in [0.2, 0.25) is 22.4 Å². The van der Waals surface area contributed by atoms with Gasteiger partial charge in [0, 0.05) is 28.8 Å². The van der Waals surface area contributed by atoms with Crippen LogP contribution in [0.3, 0.4) is 0 Å². The zero-order chi connectivity index (χ0) is 18.5. The lowest BCUT2D eigenvalue weighted by atomic mass is 10.1. The van der Waals surface area contributed by atoms with Gasteiger partial charge in [-0.25, -0.2) is 8.42 Å². The van der Waals surface area contributed by atoms with Gasteiger partial charge < -0.3 is 0 Å². The lowest BCUT2D eigenvalue weighted by Crippen LogP contribution is -2.48. The summed E-state index contributed by atoms with van der Waals surface area (Å²) in [6.07, 6.45) is 3.03. The Bertz CT molecular complexity index is 782. The second-order valence-electron chi connectivity index (χ2n) is 5.47. The summed E-state index contributed by atoms with van der Waals surface area (Å²) in [5.41, 5.74) is 0.734. The SMILES string of the molecule is CC.CC.Cc1c[n+](O)cc2cccc(S(=O)(=O)N3CC(C)C3)c12. The van der Waals surface area contributed by atoms with E-state index in [4.69, 9.17) is 0 Å². The first-order valence-electron chi connectivity index (χ1n) is 8.53. The van der Waals surface area contributed by atoms with Crippen molar-refractivity contribution < 1.29 is 18.4 Å². The van der Waals surface area contributed by atoms with E-state index < -0.39 is 10.0 Å². The third-order valence-corrected chi connectivity index (χ3v) is 5.57. The molecule has 134 valence electrons. The zero-order valence-electron chi connectivity index (χ0n) is 15.4. The maximum Gasteiger partial charge on any atom is 0.243 e. The van der Waals surface area contributed by atoms with E-state index in [-0.39, 0.29) is 0 Å². The Hall–Kier alpha value is -1.66. The molecule has 6 heteroatoms. The Morgan fingerprint density at radius 3 is 2.25 bits per heavy atom. The maximum absolute atomic E-state index is 12.7. The van der Waals surface area contributed by atoms with Crippen LogP contribution in [-0.2, 0) is 10.0 Å². The highest BCUT2D eigenvalue weighted by molar-refractivity contribution is 7.89. The van der Waals surface area contributed by atoms with E-state index in [2.05, 4.69) is 0 Å². The van der Waals surface area contributed by atoms with Gasteiger partial charge in [0.25, 0.3) is 0 Å². The summed E-state index contributed by atoms with van der Waals surface area (Å²) in [6.45, 7) is 13.0. The van der Waals surface area contributed by atoms with Gasteiger partial charge in [-0.15, -0.1) is 0 Å². The molecule has 0 radical (unpaired) electrons. The number of aryl methyl sites for hydroxylation is 1. The minimum atomic E-state index is -3.45. The molecule has 0 spiro atoms. The van der Waals surface area contributed by atoms with Gasteiger partial charge in [-0.05, 0) is 25.0 Å². The van der Waals surface area contributed by atoms with Gasteiger partial charge >= 0.3 is 0 Å². The van der Waals surface area contributed by atoms with Crippen LogP contribution in [-0.4, -0.2) is 31.0 Å². The molecule has 1 saturated heterocycles. The number of aromatic nitrogens is 1. The Morgan fingerprint density at radius 2 is 1.71 bits per heavy atom. The van der Waals surface area contributed by atoms with Crippen LogP contribution in [0.4, 0.5) is 0 Å². The first-order valence-corrected chi connectivity index (χ1v) is 9.97. The molecule has 5 nitrogen and oxygen atoms in total. The molecule has 1 aliphatic heterocycles. The topological polar surface area (TPSA) is 61.5 Å². The van der Waals surface area contributed by atoms with Gasteiger partial charge in [0.15, 0.2) is 0 Å². The molecule has 0 unspecified atom stereocenters. The second-order valence-corrected chi connectivity index (χ2v) is 7.38. The van der Waals surface area contributed by atoms with E-state index >= 15 is 0 Å². The van der Waals surface area contributed by atoms with E-state index in [1.54, 1.807) is 25.1 Å². The average Bonchev–Trinajstić information content (AvgIpc) is 2.54. The predicted octanol–water partition coefficient (Wildman–Crippen LogP) is 3.37. The summed E-state index contributed by atoms with van der Waals surface area (Å²) in [5, 5.41) is 11.0. The minimum absolute atomic E-state index is 0.319. The minimum Gasteiger partial charge on any atom is -0.285 e. The molecule has 1 aliphatic rings. The number of hydrogen-bond acceptors (Lipinski definition) is 3. The van der Waals surface area contributed by atoms with Crippen molar-refractivity contribution in [3.63, 3.8) is 0 Å². The van der Waals surface area contributed by atoms with Crippen LogP contribution in [0.5, 0.6) is 0 Å². The van der Waals surface area contributed by atoms with Gasteiger partial charge in [-0.3, -0.25) is 5.21 Å². The van der Waals surface area contributed by atoms with E-state index in [9.17, 15) is 13.6 Å². The molecule has 1 aromatic heterocycles. The average molecular weight is 354 g/mol. The third-order valence-electron chi connectivity index (χ3n) is 3.70. The van der Waals surface area contributed by atoms with Crippen LogP contribution >= 0.6 is 0 Å². The normalized spacial score (nSPS) is 14.9. The fourth-order valence-electron chi connectivity index (χ4n) is 2.71. The number of benzene rings is 1. The Morgan fingerprint density at radius 1 is 1.12 bits per heavy atom. The molecule has 0 saturated carbocycles. The van der Waals surface area contributed by atoms with Crippen molar-refractivity contribution in [2.45, 2.75) is 46.4 Å². The fourth-order valence-corrected chi connectivity index (χ4v) is 4.68. The molecule has 0 bridgehead atoms. The number of rotatable bonds is 2. The number of fused-ring (bicyclic) bond motifs is 1. The molecule has 2 aromatic rings. The predicted molar refractivity (Wildman–Crippen MR) is 96.7 cm³/mol. The van der Waals surface area contributed by atoms with Gasteiger partial charge in [0.1, 0.15) is 0 Å². The van der Waals surface area contributed by atoms with E-state index in [0.717, 1.165) is 10.3 Å². The first-order chi connectivity index (χ1) is 11.4. The van der Waals surface area contributed by atoms with Crippen LogP contribution in [0.1, 0.15) is 40.2 Å². The van der Waals surface area contributed by atoms with E-state index in [1.165, 1.54) is 16.7 Å². The molecular formula is C18H29N2O3S+. The molecule has 3 rings (SSSR count). The van der Waals surface area contributed by atoms with Crippen molar-refractivity contribution in [1.29, 1.82) is 0 Å². The highest BCUT2D eigenvalue weighted by Gasteiger charge is 2.35. The van der Waals surface area contributed by atoms with Crippen molar-refractivity contribution in [3.05, 3.63) is 36.2 Å². The Balaban J connectivity index is 0.000000671. The summed E-state index contributed by atoms with van der Waals surface area (Å²) < 4.78 is 27.8. The second kappa shape index (κ2) is 8.44. The number of sulfonamides is 1. The summed E-state index contributed by atoms with van der Waals surface area (Å²) in [6, 6.07) is 5.14. The van der Waals surface area contributed by atoms with Crippen LogP contribution in [0.2, 0.25) is 0 Å². The van der Waals surface area contributed by atoms with Crippen LogP contribution < -0.4 is 4.73 Å². The molecule has 1 N–H and O–H groups in total. The number of hydrogen-bond donors (Lipinski definition) is 1. The number of nitrogens with zero attached hydrogens (tertiary/aromatic N) is 2. The van der Waals surface area contributed by atoms with Gasteiger partial charge in [-0.1, -0.05) is 40.7 Å².